The van der Waals surface area contributed by atoms with Crippen LogP contribution < -0.4 is 0 Å². The smallest absolute Gasteiger partial charge is 0.289 e. The molecule has 0 spiro atoms. The maximum absolute atomic E-state index is 14.0. The van der Waals surface area contributed by atoms with Crippen LogP contribution in [0.15, 0.2) is 71.1 Å². The zero-order chi connectivity index (χ0) is 18.8. The monoisotopic (exact) mass is 365 g/mol. The minimum Gasteiger partial charge on any atom is -0.451 e. The topological polar surface area (TPSA) is 42.7 Å². The van der Waals surface area contributed by atoms with Crippen LogP contribution in [0, 0.1) is 5.82 Å². The third kappa shape index (κ3) is 3.64. The zero-order valence-corrected chi connectivity index (χ0v) is 15.0. The molecule has 3 aromatic rings. The lowest BCUT2D eigenvalue weighted by atomic mass is 10.1. The molecule has 5 heteroatoms. The van der Waals surface area contributed by atoms with Crippen molar-refractivity contribution in [1.29, 1.82) is 0 Å². The Balaban J connectivity index is 1.55. The van der Waals surface area contributed by atoms with E-state index in [9.17, 15) is 9.18 Å². The molecule has 2 heterocycles. The van der Waals surface area contributed by atoms with Gasteiger partial charge in [-0.25, -0.2) is 4.39 Å². The van der Waals surface area contributed by atoms with E-state index in [4.69, 9.17) is 9.15 Å². The van der Waals surface area contributed by atoms with Crippen LogP contribution >= 0.6 is 0 Å². The number of nitrogens with zero attached hydrogens (tertiary/aromatic N) is 1. The third-order valence-corrected chi connectivity index (χ3v) is 4.67. The number of carbonyl (C=O) groups excluding carboxylic acids is 1. The Bertz CT molecular complexity index is 937. The lowest BCUT2D eigenvalue weighted by Gasteiger charge is -2.36. The Morgan fingerprint density at radius 2 is 1.74 bits per heavy atom. The molecule has 0 unspecified atom stereocenters. The first kappa shape index (κ1) is 17.5. The van der Waals surface area contributed by atoms with E-state index in [2.05, 4.69) is 0 Å². The molecule has 0 N–H and O–H groups in total. The zero-order valence-electron chi connectivity index (χ0n) is 15.0. The molecule has 2 atom stereocenters. The van der Waals surface area contributed by atoms with Crippen LogP contribution in [-0.4, -0.2) is 30.0 Å². The number of amides is 1. The van der Waals surface area contributed by atoms with Gasteiger partial charge >= 0.3 is 0 Å². The molecule has 1 aromatic heterocycles. The lowest BCUT2D eigenvalue weighted by Crippen LogP contribution is -2.45. The average molecular weight is 365 g/mol. The first-order valence-corrected chi connectivity index (χ1v) is 8.96. The largest absolute Gasteiger partial charge is 0.451 e. The van der Waals surface area contributed by atoms with E-state index < -0.39 is 0 Å². The predicted molar refractivity (Wildman–Crippen MR) is 99.7 cm³/mol. The highest BCUT2D eigenvalue weighted by molar-refractivity contribution is 5.92. The van der Waals surface area contributed by atoms with Gasteiger partial charge in [-0.3, -0.25) is 4.79 Å². The highest BCUT2D eigenvalue weighted by Gasteiger charge is 2.31. The summed E-state index contributed by atoms with van der Waals surface area (Å²) < 4.78 is 25.6. The SMILES string of the molecule is C[C@@H]1CN(C(=O)c2ccc(-c3ccccc3F)o2)C[C@@H](c2ccccc2)O1. The van der Waals surface area contributed by atoms with Gasteiger partial charge in [0, 0.05) is 6.54 Å². The van der Waals surface area contributed by atoms with E-state index in [0.29, 0.717) is 24.4 Å². The summed E-state index contributed by atoms with van der Waals surface area (Å²) in [6.07, 6.45) is -0.270. The van der Waals surface area contributed by atoms with Gasteiger partial charge < -0.3 is 14.1 Å². The van der Waals surface area contributed by atoms with Crippen molar-refractivity contribution in [2.45, 2.75) is 19.1 Å². The standard InChI is InChI=1S/C22H20FNO3/c1-15-13-24(14-21(26-15)16-7-3-2-4-8-16)22(25)20-12-11-19(27-20)17-9-5-6-10-18(17)23/h2-12,15,21H,13-14H2,1H3/t15-,21+/m1/s1. The van der Waals surface area contributed by atoms with Crippen molar-refractivity contribution >= 4 is 5.91 Å². The molecule has 1 amide bonds. The maximum Gasteiger partial charge on any atom is 0.289 e. The van der Waals surface area contributed by atoms with Crippen molar-refractivity contribution in [3.8, 4) is 11.3 Å². The van der Waals surface area contributed by atoms with Gasteiger partial charge in [0.15, 0.2) is 5.76 Å². The van der Waals surface area contributed by atoms with Crippen LogP contribution in [-0.2, 0) is 4.74 Å². The van der Waals surface area contributed by atoms with E-state index >= 15 is 0 Å². The summed E-state index contributed by atoms with van der Waals surface area (Å²) in [6.45, 7) is 2.88. The van der Waals surface area contributed by atoms with Crippen molar-refractivity contribution in [3.05, 3.63) is 83.9 Å². The van der Waals surface area contributed by atoms with E-state index in [1.165, 1.54) is 6.07 Å². The first-order chi connectivity index (χ1) is 13.1. The molecule has 0 aliphatic carbocycles. The van der Waals surface area contributed by atoms with E-state index in [0.717, 1.165) is 5.56 Å². The molecule has 1 aliphatic heterocycles. The molecule has 4 rings (SSSR count). The summed E-state index contributed by atoms with van der Waals surface area (Å²) in [5, 5.41) is 0. The van der Waals surface area contributed by atoms with Gasteiger partial charge in [-0.05, 0) is 36.8 Å². The van der Waals surface area contributed by atoms with Crippen LogP contribution in [0.2, 0.25) is 0 Å². The van der Waals surface area contributed by atoms with Crippen LogP contribution in [0.4, 0.5) is 4.39 Å². The third-order valence-electron chi connectivity index (χ3n) is 4.67. The fourth-order valence-corrected chi connectivity index (χ4v) is 3.38. The van der Waals surface area contributed by atoms with Gasteiger partial charge in [-0.15, -0.1) is 0 Å². The Morgan fingerprint density at radius 3 is 2.52 bits per heavy atom. The fourth-order valence-electron chi connectivity index (χ4n) is 3.38. The molecule has 0 bridgehead atoms. The number of morpholine rings is 1. The Morgan fingerprint density at radius 1 is 1.00 bits per heavy atom. The lowest BCUT2D eigenvalue weighted by molar-refractivity contribution is -0.0697. The number of hydrogen-bond donors (Lipinski definition) is 0. The highest BCUT2D eigenvalue weighted by Crippen LogP contribution is 2.28. The van der Waals surface area contributed by atoms with Gasteiger partial charge in [0.25, 0.3) is 5.91 Å². The molecular weight excluding hydrogens is 345 g/mol. The molecule has 0 saturated carbocycles. The Hall–Kier alpha value is -2.92. The summed E-state index contributed by atoms with van der Waals surface area (Å²) >= 11 is 0. The van der Waals surface area contributed by atoms with Gasteiger partial charge in [0.05, 0.1) is 18.2 Å². The van der Waals surface area contributed by atoms with Crippen LogP contribution in [0.5, 0.6) is 0 Å². The minimum absolute atomic E-state index is 0.0890. The molecule has 2 aromatic carbocycles. The summed E-state index contributed by atoms with van der Waals surface area (Å²) in [4.78, 5) is 14.7. The van der Waals surface area contributed by atoms with Crippen LogP contribution in [0.25, 0.3) is 11.3 Å². The number of benzene rings is 2. The molecule has 27 heavy (non-hydrogen) atoms. The molecule has 1 fully saturated rings. The molecule has 1 aliphatic rings. The van der Waals surface area contributed by atoms with E-state index in [1.54, 1.807) is 35.2 Å². The molecule has 4 nitrogen and oxygen atoms in total. The average Bonchev–Trinajstić information content (AvgIpc) is 3.18. The first-order valence-electron chi connectivity index (χ1n) is 8.96. The summed E-state index contributed by atoms with van der Waals surface area (Å²) in [6, 6.07) is 19.4. The Labute approximate surface area is 157 Å². The number of rotatable bonds is 3. The number of halogens is 1. The minimum atomic E-state index is -0.380. The highest BCUT2D eigenvalue weighted by atomic mass is 19.1. The Kier molecular flexibility index (Phi) is 4.77. The number of ether oxygens (including phenoxy) is 1. The summed E-state index contributed by atoms with van der Waals surface area (Å²) in [7, 11) is 0. The molecule has 138 valence electrons. The summed E-state index contributed by atoms with van der Waals surface area (Å²) in [5.41, 5.74) is 1.38. The van der Waals surface area contributed by atoms with Crippen LogP contribution in [0.1, 0.15) is 29.1 Å². The van der Waals surface area contributed by atoms with Crippen molar-refractivity contribution in [2.75, 3.05) is 13.1 Å². The number of carbonyl (C=O) groups is 1. The van der Waals surface area contributed by atoms with Crippen molar-refractivity contribution in [1.82, 2.24) is 4.90 Å². The second kappa shape index (κ2) is 7.37. The second-order valence-electron chi connectivity index (χ2n) is 6.70. The van der Waals surface area contributed by atoms with Crippen molar-refractivity contribution in [2.24, 2.45) is 0 Å². The number of hydrogen-bond acceptors (Lipinski definition) is 3. The van der Waals surface area contributed by atoms with Gasteiger partial charge in [0.1, 0.15) is 17.7 Å². The van der Waals surface area contributed by atoms with Crippen LogP contribution in [0.3, 0.4) is 0 Å². The quantitative estimate of drug-likeness (QED) is 0.676. The molecular formula is C22H20FNO3. The summed E-state index contributed by atoms with van der Waals surface area (Å²) in [5.74, 6) is -0.0461. The van der Waals surface area contributed by atoms with E-state index in [1.807, 2.05) is 37.3 Å². The van der Waals surface area contributed by atoms with Gasteiger partial charge in [-0.1, -0.05) is 42.5 Å². The second-order valence-corrected chi connectivity index (χ2v) is 6.70. The maximum atomic E-state index is 14.0. The van der Waals surface area contributed by atoms with Gasteiger partial charge in [0.2, 0.25) is 0 Å². The predicted octanol–water partition coefficient (Wildman–Crippen LogP) is 4.69. The molecule has 1 saturated heterocycles. The normalized spacial score (nSPS) is 19.9. The van der Waals surface area contributed by atoms with Crippen molar-refractivity contribution in [3.63, 3.8) is 0 Å². The van der Waals surface area contributed by atoms with E-state index in [-0.39, 0.29) is 29.7 Å². The van der Waals surface area contributed by atoms with Crippen molar-refractivity contribution < 1.29 is 18.3 Å². The fraction of sp³-hybridized carbons (Fsp3) is 0.227. The molecule has 0 radical (unpaired) electrons. The van der Waals surface area contributed by atoms with Gasteiger partial charge in [-0.2, -0.15) is 0 Å². The number of furan rings is 1.